The Labute approximate surface area is 114 Å². The van der Waals surface area contributed by atoms with Crippen molar-refractivity contribution in [2.75, 3.05) is 14.2 Å². The molecule has 102 valence electrons. The van der Waals surface area contributed by atoms with Crippen molar-refractivity contribution >= 4 is 5.78 Å². The Morgan fingerprint density at radius 3 is 2.32 bits per heavy atom. The van der Waals surface area contributed by atoms with E-state index in [-0.39, 0.29) is 5.78 Å². The van der Waals surface area contributed by atoms with Crippen LogP contribution in [0.3, 0.4) is 0 Å². The SMILES string of the molecule is COc1cccc(OC)c1C(=O)C1=CCC(C)CC1. The van der Waals surface area contributed by atoms with Crippen molar-refractivity contribution in [2.45, 2.75) is 26.2 Å². The molecule has 1 aromatic rings. The molecule has 0 heterocycles. The molecule has 0 fully saturated rings. The molecular formula is C16H20O3. The van der Waals surface area contributed by atoms with Crippen molar-refractivity contribution < 1.29 is 14.3 Å². The van der Waals surface area contributed by atoms with Crippen molar-refractivity contribution in [1.29, 1.82) is 0 Å². The van der Waals surface area contributed by atoms with Crippen molar-refractivity contribution in [3.63, 3.8) is 0 Å². The lowest BCUT2D eigenvalue weighted by Crippen LogP contribution is -2.12. The second-order valence-corrected chi connectivity index (χ2v) is 4.98. The van der Waals surface area contributed by atoms with Crippen LogP contribution in [-0.4, -0.2) is 20.0 Å². The number of ketones is 1. The average Bonchev–Trinajstić information content (AvgIpc) is 2.46. The first-order valence-electron chi connectivity index (χ1n) is 6.62. The molecule has 0 saturated heterocycles. The van der Waals surface area contributed by atoms with Gasteiger partial charge in [-0.2, -0.15) is 0 Å². The van der Waals surface area contributed by atoms with E-state index in [9.17, 15) is 4.79 Å². The Bertz CT molecular complexity index is 480. The van der Waals surface area contributed by atoms with E-state index in [2.05, 4.69) is 13.0 Å². The average molecular weight is 260 g/mol. The Balaban J connectivity index is 2.38. The Morgan fingerprint density at radius 1 is 1.21 bits per heavy atom. The summed E-state index contributed by atoms with van der Waals surface area (Å²) < 4.78 is 10.6. The summed E-state index contributed by atoms with van der Waals surface area (Å²) in [5, 5.41) is 0. The van der Waals surface area contributed by atoms with Crippen LogP contribution in [0.25, 0.3) is 0 Å². The van der Waals surface area contributed by atoms with Crippen molar-refractivity contribution in [1.82, 2.24) is 0 Å². The minimum Gasteiger partial charge on any atom is -0.496 e. The van der Waals surface area contributed by atoms with Gasteiger partial charge in [-0.15, -0.1) is 0 Å². The highest BCUT2D eigenvalue weighted by atomic mass is 16.5. The third kappa shape index (κ3) is 2.80. The highest BCUT2D eigenvalue weighted by Gasteiger charge is 2.23. The third-order valence-corrected chi connectivity index (χ3v) is 3.62. The fraction of sp³-hybridized carbons (Fsp3) is 0.438. The largest absolute Gasteiger partial charge is 0.496 e. The van der Waals surface area contributed by atoms with Crippen LogP contribution >= 0.6 is 0 Å². The van der Waals surface area contributed by atoms with E-state index in [4.69, 9.17) is 9.47 Å². The van der Waals surface area contributed by atoms with E-state index in [1.807, 2.05) is 6.07 Å². The van der Waals surface area contributed by atoms with Crippen LogP contribution in [-0.2, 0) is 0 Å². The van der Waals surface area contributed by atoms with Gasteiger partial charge >= 0.3 is 0 Å². The molecule has 1 aliphatic rings. The molecule has 0 aromatic heterocycles. The normalized spacial score (nSPS) is 18.7. The van der Waals surface area contributed by atoms with Crippen LogP contribution in [0, 0.1) is 5.92 Å². The van der Waals surface area contributed by atoms with E-state index in [1.54, 1.807) is 26.4 Å². The number of allylic oxidation sites excluding steroid dienone is 2. The fourth-order valence-electron chi connectivity index (χ4n) is 2.41. The summed E-state index contributed by atoms with van der Waals surface area (Å²) in [6.07, 6.45) is 4.93. The number of hydrogen-bond donors (Lipinski definition) is 0. The van der Waals surface area contributed by atoms with Crippen LogP contribution in [0.4, 0.5) is 0 Å². The molecule has 1 aliphatic carbocycles. The maximum atomic E-state index is 12.6. The Morgan fingerprint density at radius 2 is 1.84 bits per heavy atom. The quantitative estimate of drug-likeness (QED) is 0.775. The summed E-state index contributed by atoms with van der Waals surface area (Å²) in [4.78, 5) is 12.6. The van der Waals surface area contributed by atoms with Gasteiger partial charge in [-0.25, -0.2) is 0 Å². The maximum Gasteiger partial charge on any atom is 0.196 e. The van der Waals surface area contributed by atoms with Gasteiger partial charge in [-0.3, -0.25) is 4.79 Å². The number of rotatable bonds is 4. The lowest BCUT2D eigenvalue weighted by atomic mass is 9.87. The Hall–Kier alpha value is -1.77. The predicted molar refractivity (Wildman–Crippen MR) is 75.0 cm³/mol. The van der Waals surface area contributed by atoms with Gasteiger partial charge in [0.1, 0.15) is 17.1 Å². The number of ether oxygens (including phenoxy) is 2. The number of carbonyl (C=O) groups excluding carboxylic acids is 1. The van der Waals surface area contributed by atoms with Gasteiger partial charge in [0, 0.05) is 0 Å². The van der Waals surface area contributed by atoms with Crippen LogP contribution in [0.15, 0.2) is 29.8 Å². The minimum atomic E-state index is 0.0289. The number of methoxy groups -OCH3 is 2. The maximum absolute atomic E-state index is 12.6. The van der Waals surface area contributed by atoms with Crippen molar-refractivity contribution in [3.8, 4) is 11.5 Å². The molecule has 1 atom stereocenters. The topological polar surface area (TPSA) is 35.5 Å². The van der Waals surface area contributed by atoms with E-state index >= 15 is 0 Å². The zero-order chi connectivity index (χ0) is 13.8. The third-order valence-electron chi connectivity index (χ3n) is 3.62. The van der Waals surface area contributed by atoms with Crippen molar-refractivity contribution in [2.24, 2.45) is 5.92 Å². The minimum absolute atomic E-state index is 0.0289. The monoisotopic (exact) mass is 260 g/mol. The summed E-state index contributed by atoms with van der Waals surface area (Å²) in [5.41, 5.74) is 1.41. The zero-order valence-electron chi connectivity index (χ0n) is 11.7. The molecule has 0 aliphatic heterocycles. The smallest absolute Gasteiger partial charge is 0.196 e. The summed E-state index contributed by atoms with van der Waals surface area (Å²) in [6.45, 7) is 2.21. The molecule has 2 rings (SSSR count). The molecule has 0 amide bonds. The lowest BCUT2D eigenvalue weighted by Gasteiger charge is -2.19. The summed E-state index contributed by atoms with van der Waals surface area (Å²) in [5.74, 6) is 1.84. The number of Topliss-reactive ketones (excluding diaryl/α,β-unsaturated/α-hetero) is 1. The molecule has 1 unspecified atom stereocenters. The van der Waals surface area contributed by atoms with E-state index < -0.39 is 0 Å². The Kier molecular flexibility index (Phi) is 4.25. The number of carbonyl (C=O) groups is 1. The van der Waals surface area contributed by atoms with Crippen LogP contribution in [0.5, 0.6) is 11.5 Å². The number of hydrogen-bond acceptors (Lipinski definition) is 3. The number of benzene rings is 1. The zero-order valence-corrected chi connectivity index (χ0v) is 11.7. The van der Waals surface area contributed by atoms with E-state index in [0.717, 1.165) is 24.8 Å². The van der Waals surface area contributed by atoms with Gasteiger partial charge in [0.2, 0.25) is 0 Å². The van der Waals surface area contributed by atoms with Gasteiger partial charge in [0.25, 0.3) is 0 Å². The highest BCUT2D eigenvalue weighted by Crippen LogP contribution is 2.33. The molecule has 0 spiro atoms. The second-order valence-electron chi connectivity index (χ2n) is 4.98. The van der Waals surface area contributed by atoms with Crippen LogP contribution in [0.2, 0.25) is 0 Å². The standard InChI is InChI=1S/C16H20O3/c1-11-7-9-12(10-8-11)16(17)15-13(18-2)5-4-6-14(15)19-3/h4-6,9,11H,7-8,10H2,1-3H3. The molecule has 0 bridgehead atoms. The van der Waals surface area contributed by atoms with Gasteiger partial charge in [0.05, 0.1) is 14.2 Å². The van der Waals surface area contributed by atoms with Gasteiger partial charge < -0.3 is 9.47 Å². The molecule has 0 N–H and O–H groups in total. The lowest BCUT2D eigenvalue weighted by molar-refractivity contribution is 0.102. The van der Waals surface area contributed by atoms with Crippen LogP contribution < -0.4 is 9.47 Å². The van der Waals surface area contributed by atoms with Crippen molar-refractivity contribution in [3.05, 3.63) is 35.4 Å². The first-order chi connectivity index (χ1) is 9.17. The van der Waals surface area contributed by atoms with Gasteiger partial charge in [-0.05, 0) is 42.9 Å². The molecular weight excluding hydrogens is 240 g/mol. The van der Waals surface area contributed by atoms with Gasteiger partial charge in [-0.1, -0.05) is 19.1 Å². The first kappa shape index (κ1) is 13.7. The summed E-state index contributed by atoms with van der Waals surface area (Å²) in [6, 6.07) is 5.41. The fourth-order valence-corrected chi connectivity index (χ4v) is 2.41. The molecule has 3 heteroatoms. The molecule has 19 heavy (non-hydrogen) atoms. The molecule has 0 saturated carbocycles. The molecule has 1 aromatic carbocycles. The predicted octanol–water partition coefficient (Wildman–Crippen LogP) is 3.63. The van der Waals surface area contributed by atoms with Crippen LogP contribution in [0.1, 0.15) is 36.5 Å². The molecule has 0 radical (unpaired) electrons. The van der Waals surface area contributed by atoms with E-state index in [0.29, 0.717) is 23.0 Å². The second kappa shape index (κ2) is 5.91. The first-order valence-corrected chi connectivity index (χ1v) is 6.62. The molecule has 3 nitrogen and oxygen atoms in total. The summed E-state index contributed by atoms with van der Waals surface area (Å²) >= 11 is 0. The highest BCUT2D eigenvalue weighted by molar-refractivity contribution is 6.12. The van der Waals surface area contributed by atoms with E-state index in [1.165, 1.54) is 0 Å². The summed E-state index contributed by atoms with van der Waals surface area (Å²) in [7, 11) is 3.14. The van der Waals surface area contributed by atoms with Gasteiger partial charge in [0.15, 0.2) is 5.78 Å².